The van der Waals surface area contributed by atoms with Gasteiger partial charge in [-0.25, -0.2) is 0 Å². The zero-order chi connectivity index (χ0) is 29.1. The van der Waals surface area contributed by atoms with Gasteiger partial charge in [-0.05, 0) is 53.5 Å². The van der Waals surface area contributed by atoms with Crippen molar-refractivity contribution in [3.05, 3.63) is 143 Å². The molecule has 2 atom stereocenters. The lowest BCUT2D eigenvalue weighted by Crippen LogP contribution is -2.50. The third-order valence-electron chi connectivity index (χ3n) is 7.56. The van der Waals surface area contributed by atoms with E-state index in [-0.39, 0.29) is 23.8 Å². The summed E-state index contributed by atoms with van der Waals surface area (Å²) in [5, 5.41) is 7.21. The molecule has 0 radical (unpaired) electrons. The first-order valence-electron chi connectivity index (χ1n) is 14.3. The SMILES string of the molecule is O=C(/C=C/c1ccc(Cl)cc1)NCC1CCN(CC(c2ccccc2)c2ccccc2)C(=O)C(Cc2ccccn2)N1. The predicted molar refractivity (Wildman–Crippen MR) is 168 cm³/mol. The smallest absolute Gasteiger partial charge is 0.244 e. The third-order valence-corrected chi connectivity index (χ3v) is 7.81. The molecule has 1 aliphatic rings. The predicted octanol–water partition coefficient (Wildman–Crippen LogP) is 5.50. The number of halogens is 1. The summed E-state index contributed by atoms with van der Waals surface area (Å²) in [5.41, 5.74) is 4.09. The molecule has 2 unspecified atom stereocenters. The standard InChI is InChI=1S/C35H35ClN4O2/c36-29-17-14-26(15-18-29)16-19-34(41)38-24-31-20-22-40(35(42)33(39-31)23-30-13-7-8-21-37-30)25-32(27-9-3-1-4-10-27)28-11-5-2-6-12-28/h1-19,21,31-33,39H,20,22-25H2,(H,38,41)/b19-16+. The molecule has 1 aromatic heterocycles. The molecule has 4 aromatic rings. The summed E-state index contributed by atoms with van der Waals surface area (Å²) < 4.78 is 0. The van der Waals surface area contributed by atoms with Gasteiger partial charge >= 0.3 is 0 Å². The van der Waals surface area contributed by atoms with E-state index >= 15 is 0 Å². The van der Waals surface area contributed by atoms with Crippen LogP contribution in [0.4, 0.5) is 0 Å². The van der Waals surface area contributed by atoms with Crippen molar-refractivity contribution in [1.29, 1.82) is 0 Å². The molecular formula is C35H35ClN4O2. The Balaban J connectivity index is 1.31. The molecular weight excluding hydrogens is 544 g/mol. The van der Waals surface area contributed by atoms with Crippen molar-refractivity contribution < 1.29 is 9.59 Å². The highest BCUT2D eigenvalue weighted by Crippen LogP contribution is 2.27. The van der Waals surface area contributed by atoms with Gasteiger partial charge in [0.15, 0.2) is 0 Å². The highest BCUT2D eigenvalue weighted by Gasteiger charge is 2.33. The number of benzene rings is 3. The summed E-state index contributed by atoms with van der Waals surface area (Å²) in [6, 6.07) is 33.2. The Morgan fingerprint density at radius 2 is 1.62 bits per heavy atom. The van der Waals surface area contributed by atoms with E-state index in [1.165, 1.54) is 17.2 Å². The largest absolute Gasteiger partial charge is 0.351 e. The van der Waals surface area contributed by atoms with Crippen molar-refractivity contribution in [2.45, 2.75) is 30.8 Å². The van der Waals surface area contributed by atoms with E-state index in [1.54, 1.807) is 24.4 Å². The van der Waals surface area contributed by atoms with Crippen molar-refractivity contribution in [2.75, 3.05) is 19.6 Å². The van der Waals surface area contributed by atoms with Crippen molar-refractivity contribution in [3.63, 3.8) is 0 Å². The molecule has 6 nitrogen and oxygen atoms in total. The van der Waals surface area contributed by atoms with Crippen LogP contribution in [0.3, 0.4) is 0 Å². The summed E-state index contributed by atoms with van der Waals surface area (Å²) in [5.74, 6) is -0.0937. The van der Waals surface area contributed by atoms with E-state index in [4.69, 9.17) is 11.6 Å². The first-order valence-corrected chi connectivity index (χ1v) is 14.7. The molecule has 2 heterocycles. The van der Waals surface area contributed by atoms with Gasteiger partial charge in [-0.15, -0.1) is 0 Å². The van der Waals surface area contributed by atoms with Gasteiger partial charge in [-0.1, -0.05) is 90.5 Å². The lowest BCUT2D eigenvalue weighted by molar-refractivity contribution is -0.132. The molecule has 3 aromatic carbocycles. The van der Waals surface area contributed by atoms with E-state index in [1.807, 2.05) is 71.6 Å². The first kappa shape index (κ1) is 29.2. The van der Waals surface area contributed by atoms with Crippen LogP contribution in [0, 0.1) is 0 Å². The summed E-state index contributed by atoms with van der Waals surface area (Å²) >= 11 is 5.96. The zero-order valence-corrected chi connectivity index (χ0v) is 24.2. The zero-order valence-electron chi connectivity index (χ0n) is 23.4. The monoisotopic (exact) mass is 578 g/mol. The number of amides is 2. The highest BCUT2D eigenvalue weighted by atomic mass is 35.5. The molecule has 0 bridgehead atoms. The van der Waals surface area contributed by atoms with Gasteiger partial charge in [-0.3, -0.25) is 14.6 Å². The Hall–Kier alpha value is -4.26. The number of aromatic nitrogens is 1. The molecule has 0 saturated carbocycles. The molecule has 42 heavy (non-hydrogen) atoms. The Labute approximate surface area is 252 Å². The molecule has 1 aliphatic heterocycles. The lowest BCUT2D eigenvalue weighted by atomic mass is 9.90. The number of rotatable bonds is 10. The minimum absolute atomic E-state index is 0.0427. The maximum atomic E-state index is 14.0. The summed E-state index contributed by atoms with van der Waals surface area (Å²) in [7, 11) is 0. The van der Waals surface area contributed by atoms with E-state index in [0.29, 0.717) is 37.5 Å². The Kier molecular flexibility index (Phi) is 10.1. The Bertz CT molecular complexity index is 1420. The number of hydrogen-bond acceptors (Lipinski definition) is 4. The quantitative estimate of drug-likeness (QED) is 0.244. The Morgan fingerprint density at radius 3 is 2.26 bits per heavy atom. The van der Waals surface area contributed by atoms with Crippen molar-refractivity contribution in [3.8, 4) is 0 Å². The minimum atomic E-state index is -0.457. The Morgan fingerprint density at radius 1 is 0.952 bits per heavy atom. The molecule has 5 rings (SSSR count). The maximum Gasteiger partial charge on any atom is 0.244 e. The molecule has 1 saturated heterocycles. The van der Waals surface area contributed by atoms with Gasteiger partial charge in [0.2, 0.25) is 11.8 Å². The molecule has 1 fully saturated rings. The average Bonchev–Trinajstić information content (AvgIpc) is 3.17. The van der Waals surface area contributed by atoms with Crippen LogP contribution < -0.4 is 10.6 Å². The summed E-state index contributed by atoms with van der Waals surface area (Å²) in [4.78, 5) is 33.1. The van der Waals surface area contributed by atoms with Crippen LogP contribution in [0.25, 0.3) is 6.08 Å². The molecule has 0 aliphatic carbocycles. The summed E-state index contributed by atoms with van der Waals surface area (Å²) in [6.07, 6.45) is 6.21. The van der Waals surface area contributed by atoms with Crippen LogP contribution in [0.2, 0.25) is 5.02 Å². The van der Waals surface area contributed by atoms with E-state index in [2.05, 4.69) is 39.9 Å². The van der Waals surface area contributed by atoms with Crippen molar-refractivity contribution in [2.24, 2.45) is 0 Å². The minimum Gasteiger partial charge on any atom is -0.351 e. The second-order valence-corrected chi connectivity index (χ2v) is 11.0. The van der Waals surface area contributed by atoms with Crippen molar-refractivity contribution in [1.82, 2.24) is 20.5 Å². The third kappa shape index (κ3) is 8.15. The second-order valence-electron chi connectivity index (χ2n) is 10.5. The maximum absolute atomic E-state index is 14.0. The molecule has 2 N–H and O–H groups in total. The van der Waals surface area contributed by atoms with Gasteiger partial charge in [0.1, 0.15) is 0 Å². The summed E-state index contributed by atoms with van der Waals surface area (Å²) in [6.45, 7) is 1.56. The van der Waals surface area contributed by atoms with Crippen LogP contribution in [-0.4, -0.2) is 53.4 Å². The number of pyridine rings is 1. The van der Waals surface area contributed by atoms with E-state index in [0.717, 1.165) is 11.3 Å². The van der Waals surface area contributed by atoms with Crippen LogP contribution in [0.1, 0.15) is 34.7 Å². The number of carbonyl (C=O) groups is 2. The fraction of sp³-hybridized carbons (Fsp3) is 0.229. The van der Waals surface area contributed by atoms with Crippen LogP contribution >= 0.6 is 11.6 Å². The van der Waals surface area contributed by atoms with Crippen LogP contribution in [0.5, 0.6) is 0 Å². The lowest BCUT2D eigenvalue weighted by Gasteiger charge is -2.29. The highest BCUT2D eigenvalue weighted by molar-refractivity contribution is 6.30. The number of hydrogen-bond donors (Lipinski definition) is 2. The second kappa shape index (κ2) is 14.6. The van der Waals surface area contributed by atoms with E-state index in [9.17, 15) is 9.59 Å². The number of nitrogens with one attached hydrogen (secondary N) is 2. The molecule has 0 spiro atoms. The molecule has 2 amide bonds. The number of carbonyl (C=O) groups excluding carboxylic acids is 2. The fourth-order valence-electron chi connectivity index (χ4n) is 5.32. The van der Waals surface area contributed by atoms with Crippen molar-refractivity contribution >= 4 is 29.5 Å². The number of nitrogens with zero attached hydrogens (tertiary/aromatic N) is 2. The van der Waals surface area contributed by atoms with Crippen LogP contribution in [0.15, 0.2) is 115 Å². The first-order chi connectivity index (χ1) is 20.5. The topological polar surface area (TPSA) is 74.3 Å². The fourth-order valence-corrected chi connectivity index (χ4v) is 5.45. The van der Waals surface area contributed by atoms with E-state index < -0.39 is 6.04 Å². The van der Waals surface area contributed by atoms with Crippen LogP contribution in [-0.2, 0) is 16.0 Å². The normalized spacial score (nSPS) is 17.4. The van der Waals surface area contributed by atoms with Gasteiger partial charge in [0, 0.05) is 61.0 Å². The van der Waals surface area contributed by atoms with Gasteiger partial charge in [0.05, 0.1) is 6.04 Å². The van der Waals surface area contributed by atoms with Gasteiger partial charge in [0.25, 0.3) is 0 Å². The molecule has 7 heteroatoms. The average molecular weight is 579 g/mol. The molecule has 214 valence electrons. The van der Waals surface area contributed by atoms with Gasteiger partial charge in [-0.2, -0.15) is 0 Å². The van der Waals surface area contributed by atoms with Gasteiger partial charge < -0.3 is 15.5 Å².